The molecule has 476 valence electrons. The lowest BCUT2D eigenvalue weighted by Crippen LogP contribution is -2.15. The normalized spacial score (nSPS) is 12.6. The van der Waals surface area contributed by atoms with Gasteiger partial charge in [-0.2, -0.15) is 0 Å². The number of aromatic nitrogens is 6. The maximum absolute atomic E-state index is 4.87. The Morgan fingerprint density at radius 2 is 0.394 bits per heavy atom. The lowest BCUT2D eigenvalue weighted by molar-refractivity contribution is 0.660. The van der Waals surface area contributed by atoms with Crippen molar-refractivity contribution >= 4 is 0 Å². The van der Waals surface area contributed by atoms with Crippen LogP contribution in [0.2, 0.25) is 0 Å². The summed E-state index contributed by atoms with van der Waals surface area (Å²) in [5.41, 5.74) is 32.7. The molecule has 3 heterocycles. The van der Waals surface area contributed by atoms with E-state index in [-0.39, 0.29) is 10.8 Å². The van der Waals surface area contributed by atoms with Crippen LogP contribution in [0.25, 0.3) is 134 Å². The minimum Gasteiger partial charge on any atom is -0.233 e. The van der Waals surface area contributed by atoms with Crippen LogP contribution >= 0.6 is 0 Å². The molecule has 6 nitrogen and oxygen atoms in total. The maximum atomic E-state index is 4.87. The molecular weight excluding hydrogens is 1200 g/mol. The Labute approximate surface area is 581 Å². The van der Waals surface area contributed by atoms with Crippen molar-refractivity contribution in [3.8, 4) is 134 Å². The van der Waals surface area contributed by atoms with E-state index in [1.807, 2.05) is 45.0 Å². The molecule has 2 aliphatic rings. The minimum absolute atomic E-state index is 0.0343. The molecule has 17 rings (SSSR count). The third kappa shape index (κ3) is 13.0. The fourth-order valence-electron chi connectivity index (χ4n) is 14.2. The molecule has 99 heavy (non-hydrogen) atoms. The lowest BCUT2D eigenvalue weighted by Gasteiger charge is -2.22. The van der Waals surface area contributed by atoms with Crippen molar-refractivity contribution in [2.75, 3.05) is 0 Å². The van der Waals surface area contributed by atoms with Gasteiger partial charge in [-0.3, -0.25) is 0 Å². The standard InChI is InChI=1S/C35H30N2.2C29H22N2/c1-21-36-32(22-14-16-26-24-10-6-8-12-28(24)34(2,3)30(26)18-22)20-33(37-21)23-15-17-27-25-11-7-9-13-29(25)35(4,5)31(27)19-23;1-21-30-28(26-16-8-14-24(18-26)22-10-4-2-5-11-22)20-29(31-21)27-17-9-15-25(19-27)23-12-6-3-7-13-23;1-21-30-28(26-16-12-24(13-17-26)22-8-4-2-5-9-22)20-29(31-21)27-18-14-25(15-19-27)23-10-6-3-7-11-23/h6-20H,1-5H3;2*2-20H,1H3. The summed E-state index contributed by atoms with van der Waals surface area (Å²) in [6.45, 7) is 15.2. The largest absolute Gasteiger partial charge is 0.233 e. The van der Waals surface area contributed by atoms with E-state index < -0.39 is 0 Å². The molecular formula is C93H74N6. The van der Waals surface area contributed by atoms with E-state index in [0.29, 0.717) is 0 Å². The second-order valence-corrected chi connectivity index (χ2v) is 26.7. The van der Waals surface area contributed by atoms with Gasteiger partial charge in [0.25, 0.3) is 0 Å². The van der Waals surface area contributed by atoms with Crippen LogP contribution in [-0.2, 0) is 10.8 Å². The molecule has 6 heteroatoms. The van der Waals surface area contributed by atoms with E-state index in [0.717, 1.165) is 85.0 Å². The minimum atomic E-state index is -0.0343. The van der Waals surface area contributed by atoms with Crippen molar-refractivity contribution in [2.24, 2.45) is 0 Å². The molecule has 0 fully saturated rings. The molecule has 0 N–H and O–H groups in total. The number of benzene rings is 12. The average Bonchev–Trinajstić information content (AvgIpc) is 1.60. The van der Waals surface area contributed by atoms with Gasteiger partial charge in [-0.25, -0.2) is 29.9 Å². The third-order valence-corrected chi connectivity index (χ3v) is 19.4. The summed E-state index contributed by atoms with van der Waals surface area (Å²) in [4.78, 5) is 28.6. The highest BCUT2D eigenvalue weighted by atomic mass is 14.9. The molecule has 3 aromatic heterocycles. The Bertz CT molecular complexity index is 5100. The molecule has 0 saturated carbocycles. The first-order valence-electron chi connectivity index (χ1n) is 34.0. The molecule has 0 radical (unpaired) electrons. The van der Waals surface area contributed by atoms with Crippen molar-refractivity contribution in [3.05, 3.63) is 361 Å². The first-order chi connectivity index (χ1) is 48.3. The van der Waals surface area contributed by atoms with Crippen LogP contribution < -0.4 is 0 Å². The van der Waals surface area contributed by atoms with E-state index in [2.05, 4.69) is 335 Å². The van der Waals surface area contributed by atoms with Gasteiger partial charge in [0.15, 0.2) is 0 Å². The molecule has 0 amide bonds. The van der Waals surface area contributed by atoms with E-state index in [4.69, 9.17) is 19.9 Å². The first kappa shape index (κ1) is 63.0. The topological polar surface area (TPSA) is 77.3 Å². The van der Waals surface area contributed by atoms with Crippen LogP contribution in [0.1, 0.15) is 67.4 Å². The third-order valence-electron chi connectivity index (χ3n) is 19.4. The Kier molecular flexibility index (Phi) is 17.1. The fourth-order valence-corrected chi connectivity index (χ4v) is 14.2. The summed E-state index contributed by atoms with van der Waals surface area (Å²) in [7, 11) is 0. The van der Waals surface area contributed by atoms with Crippen LogP contribution in [0.3, 0.4) is 0 Å². The Morgan fingerprint density at radius 1 is 0.172 bits per heavy atom. The number of hydrogen-bond donors (Lipinski definition) is 0. The number of nitrogens with zero attached hydrogens (tertiary/aromatic N) is 6. The smallest absolute Gasteiger partial charge is 0.126 e. The van der Waals surface area contributed by atoms with E-state index in [9.17, 15) is 0 Å². The highest BCUT2D eigenvalue weighted by molar-refractivity contribution is 5.86. The number of rotatable bonds is 10. The van der Waals surface area contributed by atoms with Crippen molar-refractivity contribution in [2.45, 2.75) is 59.3 Å². The van der Waals surface area contributed by atoms with Gasteiger partial charge in [0.1, 0.15) is 17.5 Å². The van der Waals surface area contributed by atoms with Gasteiger partial charge in [0, 0.05) is 44.2 Å². The van der Waals surface area contributed by atoms with Gasteiger partial charge < -0.3 is 0 Å². The zero-order valence-corrected chi connectivity index (χ0v) is 56.8. The van der Waals surface area contributed by atoms with Gasteiger partial charge in [-0.15, -0.1) is 0 Å². The molecule has 0 spiro atoms. The van der Waals surface area contributed by atoms with E-state index in [1.54, 1.807) is 0 Å². The maximum Gasteiger partial charge on any atom is 0.126 e. The molecule has 0 aliphatic heterocycles. The van der Waals surface area contributed by atoms with E-state index in [1.165, 1.54) is 89.0 Å². The van der Waals surface area contributed by atoms with Crippen LogP contribution in [-0.4, -0.2) is 29.9 Å². The summed E-state index contributed by atoms with van der Waals surface area (Å²) in [5.74, 6) is 2.33. The van der Waals surface area contributed by atoms with Crippen molar-refractivity contribution in [1.29, 1.82) is 0 Å². The highest BCUT2D eigenvalue weighted by Crippen LogP contribution is 2.51. The first-order valence-corrected chi connectivity index (χ1v) is 34.0. The molecule has 0 saturated heterocycles. The predicted molar refractivity (Wildman–Crippen MR) is 410 cm³/mol. The van der Waals surface area contributed by atoms with E-state index >= 15 is 0 Å². The molecule has 0 atom stereocenters. The zero-order chi connectivity index (χ0) is 67.6. The van der Waals surface area contributed by atoms with Crippen molar-refractivity contribution in [3.63, 3.8) is 0 Å². The summed E-state index contributed by atoms with van der Waals surface area (Å²) in [5, 5.41) is 0. The average molecular weight is 1280 g/mol. The predicted octanol–water partition coefficient (Wildman–Crippen LogP) is 23.6. The van der Waals surface area contributed by atoms with Gasteiger partial charge in [-0.05, 0) is 152 Å². The van der Waals surface area contributed by atoms with Crippen LogP contribution in [0.15, 0.2) is 322 Å². The summed E-state index contributed by atoms with van der Waals surface area (Å²) in [6.07, 6.45) is 0. The van der Waals surface area contributed by atoms with Crippen LogP contribution in [0.4, 0.5) is 0 Å². The summed E-state index contributed by atoms with van der Waals surface area (Å²) < 4.78 is 0. The van der Waals surface area contributed by atoms with Gasteiger partial charge in [0.05, 0.1) is 34.2 Å². The zero-order valence-electron chi connectivity index (χ0n) is 56.8. The fraction of sp³-hybridized carbons (Fsp3) is 0.0968. The molecule has 12 aromatic carbocycles. The molecule has 15 aromatic rings. The van der Waals surface area contributed by atoms with Crippen molar-refractivity contribution in [1.82, 2.24) is 29.9 Å². The van der Waals surface area contributed by atoms with Gasteiger partial charge in [-0.1, -0.05) is 307 Å². The quantitative estimate of drug-likeness (QED) is 0.136. The number of fused-ring (bicyclic) bond motifs is 6. The molecule has 0 unspecified atom stereocenters. The summed E-state index contributed by atoms with van der Waals surface area (Å²) in [6, 6.07) is 113. The number of hydrogen-bond acceptors (Lipinski definition) is 6. The molecule has 0 bridgehead atoms. The SMILES string of the molecule is Cc1nc(-c2ccc(-c3ccccc3)cc2)cc(-c2ccc(-c3ccccc3)cc2)n1.Cc1nc(-c2ccc3c(c2)C(C)(C)c2ccccc2-3)cc(-c2ccc3c(c2)C(C)(C)c2ccccc2-3)n1.Cc1nc(-c2cccc(-c3ccccc3)c2)cc(-c2cccc(-c3ccccc3)c2)n1. The Hall–Kier alpha value is -12.1. The Morgan fingerprint density at radius 3 is 0.727 bits per heavy atom. The number of aryl methyl sites for hydroxylation is 3. The van der Waals surface area contributed by atoms with Gasteiger partial charge in [0.2, 0.25) is 0 Å². The van der Waals surface area contributed by atoms with Gasteiger partial charge >= 0.3 is 0 Å². The highest BCUT2D eigenvalue weighted by Gasteiger charge is 2.37. The molecule has 2 aliphatic carbocycles. The monoisotopic (exact) mass is 1270 g/mol. The Balaban J connectivity index is 0.000000122. The second-order valence-electron chi connectivity index (χ2n) is 26.7. The second kappa shape index (κ2) is 26.8. The summed E-state index contributed by atoms with van der Waals surface area (Å²) >= 11 is 0. The lowest BCUT2D eigenvalue weighted by atomic mass is 9.81. The van der Waals surface area contributed by atoms with Crippen LogP contribution in [0, 0.1) is 20.8 Å². The van der Waals surface area contributed by atoms with Crippen LogP contribution in [0.5, 0.6) is 0 Å². The van der Waals surface area contributed by atoms with Crippen molar-refractivity contribution < 1.29 is 0 Å².